The Morgan fingerprint density at radius 2 is 1.60 bits per heavy atom. The summed E-state index contributed by atoms with van der Waals surface area (Å²) in [5, 5.41) is 2.57. The molecule has 8 nitrogen and oxygen atoms in total. The fraction of sp³-hybridized carbons (Fsp3) is 0.409. The lowest BCUT2D eigenvalue weighted by atomic mass is 9.85. The second-order valence-corrected chi connectivity index (χ2v) is 7.55. The van der Waals surface area contributed by atoms with Crippen molar-refractivity contribution < 1.29 is 28.7 Å². The number of hydrogen-bond acceptors (Lipinski definition) is 6. The van der Waals surface area contributed by atoms with Crippen LogP contribution in [0.15, 0.2) is 36.4 Å². The first-order chi connectivity index (χ1) is 14.2. The van der Waals surface area contributed by atoms with Crippen LogP contribution in [0.2, 0.25) is 0 Å². The van der Waals surface area contributed by atoms with E-state index >= 15 is 0 Å². The van der Waals surface area contributed by atoms with E-state index in [1.807, 2.05) is 12.2 Å². The molecule has 2 aliphatic rings. The highest BCUT2D eigenvalue weighted by atomic mass is 16.5. The number of rotatable bonds is 6. The van der Waals surface area contributed by atoms with E-state index in [9.17, 15) is 24.0 Å². The number of fused-ring (bicyclic) bond motifs is 1. The fourth-order valence-electron chi connectivity index (χ4n) is 3.77. The first-order valence-corrected chi connectivity index (χ1v) is 9.85. The lowest BCUT2D eigenvalue weighted by Gasteiger charge is -2.23. The maximum atomic E-state index is 12.6. The largest absolute Gasteiger partial charge is 0.451 e. The molecular formula is C22H24N2O6. The molecular weight excluding hydrogens is 388 g/mol. The van der Waals surface area contributed by atoms with E-state index in [1.165, 1.54) is 20.8 Å². The third-order valence-electron chi connectivity index (χ3n) is 5.50. The Labute approximate surface area is 174 Å². The number of nitrogens with one attached hydrogen (secondary N) is 1. The molecule has 30 heavy (non-hydrogen) atoms. The Kier molecular flexibility index (Phi) is 6.14. The van der Waals surface area contributed by atoms with Crippen LogP contribution in [0.3, 0.4) is 0 Å². The Morgan fingerprint density at radius 3 is 2.17 bits per heavy atom. The van der Waals surface area contributed by atoms with Crippen molar-refractivity contribution in [3.05, 3.63) is 42.0 Å². The summed E-state index contributed by atoms with van der Waals surface area (Å²) >= 11 is 0. The summed E-state index contributed by atoms with van der Waals surface area (Å²) in [7, 11) is 0. The SMILES string of the molecule is CC(=O)c1ccccc1NC(=O)[C@@H](C)OC(=O)[C@H](C)N1C(=O)[C@H]2CC=CC[C@H]2C1=O. The number of likely N-dealkylation sites (tertiary alicyclic amines) is 1. The first kappa shape index (κ1) is 21.4. The molecule has 1 aromatic carbocycles. The number of amides is 3. The number of ketones is 1. The smallest absolute Gasteiger partial charge is 0.329 e. The van der Waals surface area contributed by atoms with Gasteiger partial charge in [-0.3, -0.25) is 24.1 Å². The van der Waals surface area contributed by atoms with Crippen molar-refractivity contribution in [3.8, 4) is 0 Å². The second-order valence-electron chi connectivity index (χ2n) is 7.55. The number of Topliss-reactive ketones (excluding diaryl/α,β-unsaturated/α-hetero) is 1. The molecule has 8 heteroatoms. The number of nitrogens with zero attached hydrogens (tertiary/aromatic N) is 1. The number of anilines is 1. The van der Waals surface area contributed by atoms with Crippen molar-refractivity contribution in [1.82, 2.24) is 4.90 Å². The van der Waals surface area contributed by atoms with Crippen LogP contribution in [0, 0.1) is 11.8 Å². The Hall–Kier alpha value is -3.29. The summed E-state index contributed by atoms with van der Waals surface area (Å²) in [6.45, 7) is 4.18. The molecule has 4 atom stereocenters. The Morgan fingerprint density at radius 1 is 1.03 bits per heavy atom. The number of esters is 1. The van der Waals surface area contributed by atoms with E-state index in [0.29, 0.717) is 24.1 Å². The van der Waals surface area contributed by atoms with Gasteiger partial charge in [0.1, 0.15) is 6.04 Å². The molecule has 3 rings (SSSR count). The van der Waals surface area contributed by atoms with Gasteiger partial charge < -0.3 is 10.1 Å². The minimum Gasteiger partial charge on any atom is -0.451 e. The van der Waals surface area contributed by atoms with Gasteiger partial charge in [0.2, 0.25) is 11.8 Å². The van der Waals surface area contributed by atoms with Crippen molar-refractivity contribution in [2.75, 3.05) is 5.32 Å². The van der Waals surface area contributed by atoms with Gasteiger partial charge in [-0.05, 0) is 45.7 Å². The van der Waals surface area contributed by atoms with Crippen molar-refractivity contribution in [1.29, 1.82) is 0 Å². The summed E-state index contributed by atoms with van der Waals surface area (Å²) in [5.74, 6) is -3.33. The van der Waals surface area contributed by atoms with Crippen LogP contribution in [0.4, 0.5) is 5.69 Å². The summed E-state index contributed by atoms with van der Waals surface area (Å²) in [6.07, 6.45) is 3.49. The molecule has 1 fully saturated rings. The number of allylic oxidation sites excluding steroid dienone is 2. The van der Waals surface area contributed by atoms with Crippen molar-refractivity contribution in [2.24, 2.45) is 11.8 Å². The van der Waals surface area contributed by atoms with Crippen LogP contribution >= 0.6 is 0 Å². The molecule has 1 N–H and O–H groups in total. The fourth-order valence-corrected chi connectivity index (χ4v) is 3.77. The second kappa shape index (κ2) is 8.61. The number of ether oxygens (including phenoxy) is 1. The maximum absolute atomic E-state index is 12.6. The Bertz CT molecular complexity index is 911. The number of carbonyl (C=O) groups excluding carboxylic acids is 5. The van der Waals surface area contributed by atoms with Gasteiger partial charge in [0, 0.05) is 5.56 Å². The van der Waals surface area contributed by atoms with Crippen LogP contribution in [0.1, 0.15) is 44.0 Å². The normalized spacial score (nSPS) is 22.3. The van der Waals surface area contributed by atoms with E-state index in [2.05, 4.69) is 5.32 Å². The highest BCUT2D eigenvalue weighted by Crippen LogP contribution is 2.36. The predicted molar refractivity (Wildman–Crippen MR) is 107 cm³/mol. The maximum Gasteiger partial charge on any atom is 0.329 e. The van der Waals surface area contributed by atoms with E-state index in [4.69, 9.17) is 4.74 Å². The highest BCUT2D eigenvalue weighted by Gasteiger charge is 2.50. The number of para-hydroxylation sites is 1. The summed E-state index contributed by atoms with van der Waals surface area (Å²) in [6, 6.07) is 5.36. The third kappa shape index (κ3) is 4.03. The molecule has 0 spiro atoms. The van der Waals surface area contributed by atoms with Crippen molar-refractivity contribution in [2.45, 2.75) is 45.8 Å². The number of carbonyl (C=O) groups is 5. The van der Waals surface area contributed by atoms with E-state index < -0.39 is 35.9 Å². The van der Waals surface area contributed by atoms with E-state index in [0.717, 1.165) is 4.90 Å². The minimum absolute atomic E-state index is 0.216. The van der Waals surface area contributed by atoms with Crippen molar-refractivity contribution >= 4 is 35.2 Å². The van der Waals surface area contributed by atoms with Gasteiger partial charge in [0.05, 0.1) is 17.5 Å². The monoisotopic (exact) mass is 412 g/mol. The quantitative estimate of drug-likeness (QED) is 0.332. The lowest BCUT2D eigenvalue weighted by molar-refractivity contribution is -0.163. The van der Waals surface area contributed by atoms with Crippen LogP contribution in [-0.2, 0) is 23.9 Å². The number of hydrogen-bond donors (Lipinski definition) is 1. The minimum atomic E-state index is -1.18. The summed E-state index contributed by atoms with van der Waals surface area (Å²) < 4.78 is 5.21. The van der Waals surface area contributed by atoms with Gasteiger partial charge in [0.25, 0.3) is 5.91 Å². The predicted octanol–water partition coefficient (Wildman–Crippen LogP) is 2.10. The van der Waals surface area contributed by atoms with Crippen LogP contribution < -0.4 is 5.32 Å². The molecule has 0 aromatic heterocycles. The first-order valence-electron chi connectivity index (χ1n) is 9.85. The molecule has 1 aliphatic heterocycles. The summed E-state index contributed by atoms with van der Waals surface area (Å²) in [5.41, 5.74) is 0.648. The van der Waals surface area contributed by atoms with Crippen LogP contribution in [0.25, 0.3) is 0 Å². The van der Waals surface area contributed by atoms with Crippen LogP contribution in [0.5, 0.6) is 0 Å². The van der Waals surface area contributed by atoms with Crippen molar-refractivity contribution in [3.63, 3.8) is 0 Å². The third-order valence-corrected chi connectivity index (χ3v) is 5.50. The summed E-state index contributed by atoms with van der Waals surface area (Å²) in [4.78, 5) is 62.9. The molecule has 1 aliphatic carbocycles. The Balaban J connectivity index is 1.64. The van der Waals surface area contributed by atoms with Crippen LogP contribution in [-0.4, -0.2) is 46.5 Å². The van der Waals surface area contributed by atoms with Gasteiger partial charge in [-0.15, -0.1) is 0 Å². The van der Waals surface area contributed by atoms with E-state index in [-0.39, 0.29) is 17.6 Å². The molecule has 1 heterocycles. The molecule has 0 unspecified atom stereocenters. The zero-order valence-corrected chi connectivity index (χ0v) is 17.1. The average Bonchev–Trinajstić information content (AvgIpc) is 2.98. The number of imide groups is 1. The lowest BCUT2D eigenvalue weighted by Crippen LogP contribution is -2.46. The molecule has 3 amide bonds. The standard InChI is InChI=1S/C22H24N2O6/c1-12(24-20(27)16-9-4-5-10-17(16)21(24)28)22(29)30-14(3)19(26)23-18-11-7-6-8-15(18)13(2)25/h4-8,11-12,14,16-17H,9-10H2,1-3H3,(H,23,26)/t12-,14+,16-,17+/m0/s1. The highest BCUT2D eigenvalue weighted by molar-refractivity contribution is 6.08. The number of benzene rings is 1. The van der Waals surface area contributed by atoms with E-state index in [1.54, 1.807) is 24.3 Å². The molecule has 0 bridgehead atoms. The van der Waals surface area contributed by atoms with Gasteiger partial charge in [-0.25, -0.2) is 4.79 Å². The average molecular weight is 412 g/mol. The van der Waals surface area contributed by atoms with Gasteiger partial charge >= 0.3 is 5.97 Å². The molecule has 0 radical (unpaired) electrons. The van der Waals surface area contributed by atoms with Gasteiger partial charge in [0.15, 0.2) is 11.9 Å². The molecule has 0 saturated carbocycles. The topological polar surface area (TPSA) is 110 Å². The molecule has 1 saturated heterocycles. The van der Waals surface area contributed by atoms with Gasteiger partial charge in [-0.1, -0.05) is 24.3 Å². The zero-order valence-electron chi connectivity index (χ0n) is 17.1. The van der Waals surface area contributed by atoms with Gasteiger partial charge in [-0.2, -0.15) is 0 Å². The molecule has 158 valence electrons. The zero-order chi connectivity index (χ0) is 22.0. The molecule has 1 aromatic rings.